The zero-order chi connectivity index (χ0) is 15.6. The van der Waals surface area contributed by atoms with Crippen molar-refractivity contribution in [1.82, 2.24) is 9.97 Å². The van der Waals surface area contributed by atoms with Gasteiger partial charge < -0.3 is 26.4 Å². The minimum absolute atomic E-state index is 0.0156. The summed E-state index contributed by atoms with van der Waals surface area (Å²) in [5, 5.41) is 18.9. The van der Waals surface area contributed by atoms with Gasteiger partial charge in [0.15, 0.2) is 0 Å². The monoisotopic (exact) mass is 294 g/mol. The molecule has 0 aliphatic carbocycles. The third-order valence-electron chi connectivity index (χ3n) is 2.70. The number of halogens is 1. The Morgan fingerprint density at radius 1 is 1.14 bits per heavy atom. The zero-order valence-corrected chi connectivity index (χ0v) is 11.2. The van der Waals surface area contributed by atoms with Crippen molar-refractivity contribution in [2.24, 2.45) is 0 Å². The summed E-state index contributed by atoms with van der Waals surface area (Å²) in [6, 6.07) is 5.39. The van der Waals surface area contributed by atoms with Crippen LogP contribution in [0.5, 0.6) is 5.88 Å². The van der Waals surface area contributed by atoms with Crippen LogP contribution < -0.4 is 16.2 Å². The summed E-state index contributed by atoms with van der Waals surface area (Å²) in [6.07, 6.45) is -2.67. The summed E-state index contributed by atoms with van der Waals surface area (Å²) >= 11 is 0. The van der Waals surface area contributed by atoms with Crippen molar-refractivity contribution >= 4 is 11.8 Å². The van der Waals surface area contributed by atoms with Crippen LogP contribution in [0.1, 0.15) is 6.92 Å². The van der Waals surface area contributed by atoms with Crippen molar-refractivity contribution in [3.63, 3.8) is 0 Å². The summed E-state index contributed by atoms with van der Waals surface area (Å²) in [4.78, 5) is 7.67. The van der Waals surface area contributed by atoms with Gasteiger partial charge >= 0.3 is 0 Å². The Balaban J connectivity index is 2.50. The molecule has 0 unspecified atom stereocenters. The standard InChI is InChI=1S/C13H15FN4O3/c1-6(19)12(20)21-11-9(10(15)17-13(16)18-11)7-2-4-8(14)5-3-7/h2-6,12,19-20H,1H3,(H4,15,16,17,18)/t6-,12-/m0/s1. The summed E-state index contributed by atoms with van der Waals surface area (Å²) in [7, 11) is 0. The first-order valence-electron chi connectivity index (χ1n) is 6.10. The second-order valence-corrected chi connectivity index (χ2v) is 4.40. The number of aliphatic hydroxyl groups is 2. The molecule has 8 heteroatoms. The Kier molecular flexibility index (Phi) is 4.20. The van der Waals surface area contributed by atoms with Crippen LogP contribution in [0.15, 0.2) is 24.3 Å². The molecule has 0 spiro atoms. The summed E-state index contributed by atoms with van der Waals surface area (Å²) in [6.45, 7) is 1.34. The molecule has 6 N–H and O–H groups in total. The zero-order valence-electron chi connectivity index (χ0n) is 11.2. The van der Waals surface area contributed by atoms with E-state index in [1.807, 2.05) is 0 Å². The van der Waals surface area contributed by atoms with Crippen LogP contribution in [0.4, 0.5) is 16.2 Å². The smallest absolute Gasteiger partial charge is 0.230 e. The van der Waals surface area contributed by atoms with Crippen LogP contribution in [-0.4, -0.2) is 32.6 Å². The molecule has 0 fully saturated rings. The topological polar surface area (TPSA) is 128 Å². The van der Waals surface area contributed by atoms with Crippen LogP contribution in [0.3, 0.4) is 0 Å². The first-order valence-corrected chi connectivity index (χ1v) is 6.10. The van der Waals surface area contributed by atoms with Crippen LogP contribution in [0.25, 0.3) is 11.1 Å². The van der Waals surface area contributed by atoms with Crippen molar-refractivity contribution in [2.45, 2.75) is 19.3 Å². The van der Waals surface area contributed by atoms with Crippen LogP contribution in [0, 0.1) is 5.82 Å². The molecule has 0 amide bonds. The predicted octanol–water partition coefficient (Wildman–Crippen LogP) is 0.525. The van der Waals surface area contributed by atoms with E-state index >= 15 is 0 Å². The molecule has 0 saturated heterocycles. The van der Waals surface area contributed by atoms with Crippen LogP contribution in [-0.2, 0) is 0 Å². The van der Waals surface area contributed by atoms with E-state index in [4.69, 9.17) is 16.2 Å². The maximum atomic E-state index is 13.0. The molecule has 0 aliphatic rings. The molecule has 0 saturated carbocycles. The molecule has 2 atom stereocenters. The van der Waals surface area contributed by atoms with Crippen molar-refractivity contribution < 1.29 is 19.3 Å². The second kappa shape index (κ2) is 5.90. The molecule has 2 rings (SSSR count). The molecule has 1 aromatic carbocycles. The van der Waals surface area contributed by atoms with E-state index in [-0.39, 0.29) is 23.2 Å². The minimum Gasteiger partial charge on any atom is -0.444 e. The second-order valence-electron chi connectivity index (χ2n) is 4.40. The van der Waals surface area contributed by atoms with Crippen LogP contribution >= 0.6 is 0 Å². The lowest BCUT2D eigenvalue weighted by atomic mass is 10.1. The van der Waals surface area contributed by atoms with Gasteiger partial charge in [0.05, 0.1) is 5.56 Å². The number of aromatic nitrogens is 2. The Morgan fingerprint density at radius 2 is 1.76 bits per heavy atom. The highest BCUT2D eigenvalue weighted by Gasteiger charge is 2.20. The fourth-order valence-corrected chi connectivity index (χ4v) is 1.66. The van der Waals surface area contributed by atoms with Crippen molar-refractivity contribution in [3.05, 3.63) is 30.1 Å². The molecule has 7 nitrogen and oxygen atoms in total. The number of rotatable bonds is 4. The molecule has 1 heterocycles. The lowest BCUT2D eigenvalue weighted by Crippen LogP contribution is -2.29. The lowest BCUT2D eigenvalue weighted by molar-refractivity contribution is -0.0976. The number of ether oxygens (including phenoxy) is 1. The number of hydrogen-bond donors (Lipinski definition) is 4. The number of nitrogens with two attached hydrogens (primary N) is 2. The largest absolute Gasteiger partial charge is 0.444 e. The van der Waals surface area contributed by atoms with Crippen molar-refractivity contribution in [3.8, 4) is 17.0 Å². The van der Waals surface area contributed by atoms with Gasteiger partial charge in [-0.05, 0) is 24.6 Å². The average Bonchev–Trinajstić information content (AvgIpc) is 2.39. The van der Waals surface area contributed by atoms with E-state index in [1.54, 1.807) is 0 Å². The highest BCUT2D eigenvalue weighted by Crippen LogP contribution is 2.34. The first kappa shape index (κ1) is 14.9. The van der Waals surface area contributed by atoms with Gasteiger partial charge in [0.1, 0.15) is 17.7 Å². The number of anilines is 2. The first-order chi connectivity index (χ1) is 9.88. The Hall–Kier alpha value is -2.45. The Bertz CT molecular complexity index is 634. The molecule has 21 heavy (non-hydrogen) atoms. The van der Waals surface area contributed by atoms with Crippen molar-refractivity contribution in [1.29, 1.82) is 0 Å². The molecule has 112 valence electrons. The summed E-state index contributed by atoms with van der Waals surface area (Å²) < 4.78 is 18.2. The van der Waals surface area contributed by atoms with Gasteiger partial charge in [-0.25, -0.2) is 4.39 Å². The minimum atomic E-state index is -1.52. The SMILES string of the molecule is C[C@H](O)[C@@H](O)Oc1nc(N)nc(N)c1-c1ccc(F)cc1. The molecule has 1 aromatic heterocycles. The number of nitrogen functional groups attached to an aromatic ring is 2. The van der Waals surface area contributed by atoms with E-state index in [1.165, 1.54) is 31.2 Å². The van der Waals surface area contributed by atoms with E-state index in [0.717, 1.165) is 0 Å². The lowest BCUT2D eigenvalue weighted by Gasteiger charge is -2.18. The molecule has 0 bridgehead atoms. The van der Waals surface area contributed by atoms with Gasteiger partial charge in [0, 0.05) is 0 Å². The van der Waals surface area contributed by atoms with Crippen LogP contribution in [0.2, 0.25) is 0 Å². The van der Waals surface area contributed by atoms with E-state index in [2.05, 4.69) is 9.97 Å². The van der Waals surface area contributed by atoms with E-state index in [9.17, 15) is 14.6 Å². The average molecular weight is 294 g/mol. The Labute approximate surface area is 120 Å². The summed E-state index contributed by atoms with van der Waals surface area (Å²) in [5.41, 5.74) is 12.0. The third-order valence-corrected chi connectivity index (χ3v) is 2.70. The highest BCUT2D eigenvalue weighted by atomic mass is 19.1. The summed E-state index contributed by atoms with van der Waals surface area (Å²) in [5.74, 6) is -0.645. The highest BCUT2D eigenvalue weighted by molar-refractivity contribution is 5.79. The van der Waals surface area contributed by atoms with Gasteiger partial charge in [-0.3, -0.25) is 0 Å². The fourth-order valence-electron chi connectivity index (χ4n) is 1.66. The normalized spacial score (nSPS) is 13.7. The van der Waals surface area contributed by atoms with Gasteiger partial charge in [0.25, 0.3) is 0 Å². The molecular weight excluding hydrogens is 279 g/mol. The maximum absolute atomic E-state index is 13.0. The molecule has 0 aliphatic heterocycles. The molecular formula is C13H15FN4O3. The van der Waals surface area contributed by atoms with Gasteiger partial charge in [-0.2, -0.15) is 9.97 Å². The predicted molar refractivity (Wildman–Crippen MR) is 74.6 cm³/mol. The molecule has 2 aromatic rings. The van der Waals surface area contributed by atoms with Crippen molar-refractivity contribution in [2.75, 3.05) is 11.5 Å². The fraction of sp³-hybridized carbons (Fsp3) is 0.231. The van der Waals surface area contributed by atoms with Gasteiger partial charge in [0.2, 0.25) is 18.1 Å². The quantitative estimate of drug-likeness (QED) is 0.605. The van der Waals surface area contributed by atoms with Gasteiger partial charge in [-0.1, -0.05) is 12.1 Å². The number of benzene rings is 1. The Morgan fingerprint density at radius 3 is 2.33 bits per heavy atom. The van der Waals surface area contributed by atoms with E-state index < -0.39 is 18.2 Å². The number of hydrogen-bond acceptors (Lipinski definition) is 7. The third kappa shape index (κ3) is 3.36. The van der Waals surface area contributed by atoms with E-state index in [0.29, 0.717) is 5.56 Å². The number of aliphatic hydroxyl groups excluding tert-OH is 2. The number of nitrogens with zero attached hydrogens (tertiary/aromatic N) is 2. The molecule has 0 radical (unpaired) electrons. The van der Waals surface area contributed by atoms with Gasteiger partial charge in [-0.15, -0.1) is 0 Å². The maximum Gasteiger partial charge on any atom is 0.230 e.